The minimum Gasteiger partial charge on any atom is -0.379 e. The molecule has 4 rings (SSSR count). The van der Waals surface area contributed by atoms with Crippen molar-refractivity contribution in [2.24, 2.45) is 0 Å². The zero-order chi connectivity index (χ0) is 20.8. The van der Waals surface area contributed by atoms with Crippen LogP contribution in [0.2, 0.25) is 0 Å². The van der Waals surface area contributed by atoms with Gasteiger partial charge in [0.15, 0.2) is 5.13 Å². The van der Waals surface area contributed by atoms with Crippen molar-refractivity contribution >= 4 is 56.8 Å². The van der Waals surface area contributed by atoms with Crippen LogP contribution in [-0.4, -0.2) is 60.9 Å². The van der Waals surface area contributed by atoms with Crippen molar-refractivity contribution in [1.29, 1.82) is 0 Å². The van der Waals surface area contributed by atoms with Gasteiger partial charge in [0.05, 0.1) is 29.2 Å². The molecule has 31 heavy (non-hydrogen) atoms. The number of hydrogen-bond donors (Lipinski definition) is 0. The Morgan fingerprint density at radius 3 is 2.68 bits per heavy atom. The summed E-state index contributed by atoms with van der Waals surface area (Å²) in [5, 5.41) is 0.805. The Morgan fingerprint density at radius 2 is 1.94 bits per heavy atom. The van der Waals surface area contributed by atoms with Crippen molar-refractivity contribution in [3.05, 3.63) is 54.1 Å². The number of aryl methyl sites for hydroxylation is 1. The Labute approximate surface area is 198 Å². The Morgan fingerprint density at radius 1 is 1.16 bits per heavy atom. The quantitative estimate of drug-likeness (QED) is 0.433. The van der Waals surface area contributed by atoms with Gasteiger partial charge >= 0.3 is 0 Å². The highest BCUT2D eigenvalue weighted by Crippen LogP contribution is 2.31. The van der Waals surface area contributed by atoms with Crippen LogP contribution in [0.15, 0.2) is 53.4 Å². The predicted molar refractivity (Wildman–Crippen MR) is 133 cm³/mol. The number of halogens is 1. The molecule has 166 valence electrons. The molecule has 8 heteroatoms. The number of ether oxygens (including phenoxy) is 1. The van der Waals surface area contributed by atoms with E-state index in [0.717, 1.165) is 65.1 Å². The molecule has 0 saturated carbocycles. The third-order valence-electron chi connectivity index (χ3n) is 5.21. The van der Waals surface area contributed by atoms with E-state index in [1.807, 2.05) is 35.2 Å². The highest BCUT2D eigenvalue weighted by atomic mass is 35.5. The van der Waals surface area contributed by atoms with Crippen molar-refractivity contribution in [3.63, 3.8) is 0 Å². The minimum atomic E-state index is 0. The van der Waals surface area contributed by atoms with Crippen molar-refractivity contribution in [2.75, 3.05) is 50.0 Å². The summed E-state index contributed by atoms with van der Waals surface area (Å²) in [6.45, 7) is 7.27. The lowest BCUT2D eigenvalue weighted by molar-refractivity contribution is -0.116. The predicted octanol–water partition coefficient (Wildman–Crippen LogP) is 4.87. The molecule has 1 amide bonds. The van der Waals surface area contributed by atoms with Crippen LogP contribution < -0.4 is 4.90 Å². The van der Waals surface area contributed by atoms with Gasteiger partial charge in [-0.15, -0.1) is 24.2 Å². The van der Waals surface area contributed by atoms with E-state index >= 15 is 0 Å². The van der Waals surface area contributed by atoms with E-state index in [1.165, 1.54) is 0 Å². The highest BCUT2D eigenvalue weighted by Gasteiger charge is 2.21. The molecule has 1 saturated heterocycles. The van der Waals surface area contributed by atoms with E-state index in [4.69, 9.17) is 9.72 Å². The first kappa shape index (κ1) is 24.0. The molecular formula is C23H28ClN3O2S2. The van der Waals surface area contributed by atoms with Gasteiger partial charge in [-0.3, -0.25) is 14.6 Å². The lowest BCUT2D eigenvalue weighted by Gasteiger charge is -2.27. The number of thiazole rings is 1. The lowest BCUT2D eigenvalue weighted by Crippen LogP contribution is -2.39. The first-order chi connectivity index (χ1) is 14.7. The lowest BCUT2D eigenvalue weighted by atomic mass is 10.2. The molecule has 5 nitrogen and oxygen atoms in total. The van der Waals surface area contributed by atoms with Gasteiger partial charge < -0.3 is 4.74 Å². The van der Waals surface area contributed by atoms with E-state index in [9.17, 15) is 4.79 Å². The summed E-state index contributed by atoms with van der Waals surface area (Å²) in [6.07, 6.45) is 0.927. The molecule has 3 aromatic rings. The van der Waals surface area contributed by atoms with Crippen LogP contribution in [0.1, 0.15) is 12.0 Å². The maximum absolute atomic E-state index is 13.2. The van der Waals surface area contributed by atoms with Crippen LogP contribution >= 0.6 is 35.5 Å². The van der Waals surface area contributed by atoms with Crippen molar-refractivity contribution in [2.45, 2.75) is 18.2 Å². The van der Waals surface area contributed by atoms with Crippen LogP contribution in [0, 0.1) is 6.92 Å². The van der Waals surface area contributed by atoms with E-state index in [1.54, 1.807) is 23.1 Å². The smallest absolute Gasteiger partial charge is 0.239 e. The van der Waals surface area contributed by atoms with Crippen LogP contribution in [0.3, 0.4) is 0 Å². The fraction of sp³-hybridized carbons (Fsp3) is 0.391. The zero-order valence-electron chi connectivity index (χ0n) is 17.7. The molecule has 1 aromatic heterocycles. The average Bonchev–Trinajstić information content (AvgIpc) is 3.22. The molecule has 0 radical (unpaired) electrons. The summed E-state index contributed by atoms with van der Waals surface area (Å²) in [4.78, 5) is 23.4. The van der Waals surface area contributed by atoms with Crippen LogP contribution in [0.5, 0.6) is 0 Å². The summed E-state index contributed by atoms with van der Waals surface area (Å²) in [5.41, 5.74) is 2.15. The minimum absolute atomic E-state index is 0. The second-order valence-electron chi connectivity index (χ2n) is 7.37. The topological polar surface area (TPSA) is 45.7 Å². The number of nitrogens with zero attached hydrogens (tertiary/aromatic N) is 3. The van der Waals surface area contributed by atoms with Gasteiger partial charge in [0.2, 0.25) is 5.91 Å². The van der Waals surface area contributed by atoms with E-state index < -0.39 is 0 Å². The molecule has 1 aliphatic heterocycles. The molecule has 1 aliphatic rings. The highest BCUT2D eigenvalue weighted by molar-refractivity contribution is 8.00. The number of aromatic nitrogens is 1. The van der Waals surface area contributed by atoms with Gasteiger partial charge in [-0.05, 0) is 37.1 Å². The average molecular weight is 478 g/mol. The Balaban J connectivity index is 0.00000272. The first-order valence-electron chi connectivity index (χ1n) is 10.4. The number of fused-ring (bicyclic) bond motifs is 1. The van der Waals surface area contributed by atoms with Crippen LogP contribution in [0.4, 0.5) is 5.13 Å². The molecule has 0 spiro atoms. The third kappa shape index (κ3) is 6.43. The number of hydrogen-bond acceptors (Lipinski definition) is 6. The fourth-order valence-corrected chi connectivity index (χ4v) is 5.42. The summed E-state index contributed by atoms with van der Waals surface area (Å²) in [6, 6.07) is 16.3. The number of anilines is 1. The van der Waals surface area contributed by atoms with Gasteiger partial charge in [-0.2, -0.15) is 0 Å². The van der Waals surface area contributed by atoms with Crippen molar-refractivity contribution in [1.82, 2.24) is 9.88 Å². The molecular weight excluding hydrogens is 450 g/mol. The molecule has 0 unspecified atom stereocenters. The molecule has 0 bridgehead atoms. The summed E-state index contributed by atoms with van der Waals surface area (Å²) in [7, 11) is 0. The van der Waals surface area contributed by atoms with Gasteiger partial charge in [0.25, 0.3) is 0 Å². The molecule has 2 aromatic carbocycles. The second kappa shape index (κ2) is 11.8. The molecule has 1 fully saturated rings. The number of para-hydroxylation sites is 1. The number of morpholine rings is 1. The molecule has 0 atom stereocenters. The van der Waals surface area contributed by atoms with Gasteiger partial charge in [0.1, 0.15) is 0 Å². The van der Waals surface area contributed by atoms with Crippen LogP contribution in [-0.2, 0) is 9.53 Å². The standard InChI is InChI=1S/C23H27N3O2S2.ClH/c1-18-7-5-10-20-22(18)24-23(30-20)26(12-6-11-25-13-15-28-16-14-25)21(27)17-29-19-8-3-2-4-9-19;/h2-5,7-10H,6,11-17H2,1H3;1H. The summed E-state index contributed by atoms with van der Waals surface area (Å²) >= 11 is 3.19. The van der Waals surface area contributed by atoms with Gasteiger partial charge in [0, 0.05) is 31.1 Å². The maximum atomic E-state index is 13.2. The van der Waals surface area contributed by atoms with E-state index in [-0.39, 0.29) is 18.3 Å². The Hall–Kier alpha value is -1.64. The van der Waals surface area contributed by atoms with Crippen LogP contribution in [0.25, 0.3) is 10.2 Å². The number of benzene rings is 2. The van der Waals surface area contributed by atoms with Crippen molar-refractivity contribution in [3.8, 4) is 0 Å². The Kier molecular flexibility index (Phi) is 9.16. The SMILES string of the molecule is Cc1cccc2sc(N(CCCN3CCOCC3)C(=O)CSc3ccccc3)nc12.Cl. The molecule has 0 N–H and O–H groups in total. The van der Waals surface area contributed by atoms with Gasteiger partial charge in [-0.25, -0.2) is 4.98 Å². The number of rotatable bonds is 8. The number of carbonyl (C=O) groups excluding carboxylic acids is 1. The monoisotopic (exact) mass is 477 g/mol. The Bertz CT molecular complexity index is 977. The third-order valence-corrected chi connectivity index (χ3v) is 7.25. The number of carbonyl (C=O) groups is 1. The first-order valence-corrected chi connectivity index (χ1v) is 12.2. The van der Waals surface area contributed by atoms with Crippen molar-refractivity contribution < 1.29 is 9.53 Å². The summed E-state index contributed by atoms with van der Waals surface area (Å²) in [5.74, 6) is 0.527. The molecule has 2 heterocycles. The number of amides is 1. The fourth-order valence-electron chi connectivity index (χ4n) is 3.53. The van der Waals surface area contributed by atoms with Gasteiger partial charge in [-0.1, -0.05) is 41.7 Å². The largest absolute Gasteiger partial charge is 0.379 e. The molecule has 0 aliphatic carbocycles. The zero-order valence-corrected chi connectivity index (χ0v) is 20.1. The normalized spacial score (nSPS) is 14.4. The van der Waals surface area contributed by atoms with E-state index in [2.05, 4.69) is 30.0 Å². The number of thioether (sulfide) groups is 1. The second-order valence-corrected chi connectivity index (χ2v) is 9.43. The summed E-state index contributed by atoms with van der Waals surface area (Å²) < 4.78 is 6.57. The van der Waals surface area contributed by atoms with E-state index in [0.29, 0.717) is 12.3 Å². The maximum Gasteiger partial charge on any atom is 0.239 e.